The lowest BCUT2D eigenvalue weighted by atomic mass is 9.97. The molecule has 3 aromatic carbocycles. The smallest absolute Gasteiger partial charge is 0.287 e. The molecule has 0 aliphatic rings. The Morgan fingerprint density at radius 3 is 2.00 bits per heavy atom. The number of nitrogens with one attached hydrogen (secondary N) is 2. The van der Waals surface area contributed by atoms with E-state index >= 15 is 0 Å². The molecule has 0 saturated carbocycles. The van der Waals surface area contributed by atoms with Crippen molar-refractivity contribution >= 4 is 45.4 Å². The first-order chi connectivity index (χ1) is 10.7. The van der Waals surface area contributed by atoms with Gasteiger partial charge in [-0.1, -0.05) is 60.1 Å². The summed E-state index contributed by atoms with van der Waals surface area (Å²) < 4.78 is 0. The molecular formula is C16H12ClN3O2. The topological polar surface area (TPSA) is 73.7 Å². The highest BCUT2D eigenvalue weighted by Gasteiger charge is 2.10. The number of rotatable bonds is 2. The third-order valence-corrected chi connectivity index (χ3v) is 3.78. The van der Waals surface area contributed by atoms with Crippen LogP contribution in [0, 0.1) is 0 Å². The van der Waals surface area contributed by atoms with Gasteiger partial charge in [-0.3, -0.25) is 5.21 Å². The maximum Gasteiger partial charge on any atom is 0.358 e. The van der Waals surface area contributed by atoms with Gasteiger partial charge in [0.05, 0.1) is 11.2 Å². The van der Waals surface area contributed by atoms with Gasteiger partial charge in [0.1, 0.15) is 0 Å². The highest BCUT2D eigenvalue weighted by molar-refractivity contribution is 6.42. The van der Waals surface area contributed by atoms with Crippen molar-refractivity contribution in [2.24, 2.45) is 5.10 Å². The standard InChI is InChI=1S/C16H12ClN3O2/c17-15-12-7-3-1-5-10(12)14(9-18-19-16(21)20-22)11-6-2-4-8-13(11)15/h1-9,22H,(H2,19,20,21)/b18-9-. The molecule has 0 atom stereocenters. The minimum atomic E-state index is -0.807. The summed E-state index contributed by atoms with van der Waals surface area (Å²) in [6.07, 6.45) is 1.54. The average Bonchev–Trinajstić information content (AvgIpc) is 2.57. The molecule has 3 aromatic rings. The van der Waals surface area contributed by atoms with Crippen LogP contribution < -0.4 is 10.9 Å². The Morgan fingerprint density at radius 1 is 1.00 bits per heavy atom. The summed E-state index contributed by atoms with van der Waals surface area (Å²) in [4.78, 5) is 11.0. The van der Waals surface area contributed by atoms with Crippen molar-refractivity contribution in [3.8, 4) is 0 Å². The van der Waals surface area contributed by atoms with Crippen molar-refractivity contribution in [3.63, 3.8) is 0 Å². The van der Waals surface area contributed by atoms with Crippen LogP contribution >= 0.6 is 11.6 Å². The second-order valence-electron chi connectivity index (χ2n) is 4.63. The van der Waals surface area contributed by atoms with E-state index in [-0.39, 0.29) is 0 Å². The van der Waals surface area contributed by atoms with Gasteiger partial charge in [-0.05, 0) is 10.8 Å². The second-order valence-corrected chi connectivity index (χ2v) is 5.01. The highest BCUT2D eigenvalue weighted by atomic mass is 35.5. The number of hydrogen-bond donors (Lipinski definition) is 3. The van der Waals surface area contributed by atoms with Crippen LogP contribution in [0.25, 0.3) is 21.5 Å². The van der Waals surface area contributed by atoms with E-state index in [1.807, 2.05) is 48.5 Å². The molecule has 2 amide bonds. The van der Waals surface area contributed by atoms with E-state index < -0.39 is 6.03 Å². The summed E-state index contributed by atoms with van der Waals surface area (Å²) in [5.74, 6) is 0. The summed E-state index contributed by atoms with van der Waals surface area (Å²) in [5, 5.41) is 16.7. The van der Waals surface area contributed by atoms with Crippen LogP contribution in [0.15, 0.2) is 53.6 Å². The molecule has 0 radical (unpaired) electrons. The van der Waals surface area contributed by atoms with Crippen molar-refractivity contribution in [2.45, 2.75) is 0 Å². The molecule has 0 heterocycles. The van der Waals surface area contributed by atoms with Crippen molar-refractivity contribution < 1.29 is 10.0 Å². The fourth-order valence-corrected chi connectivity index (χ4v) is 2.76. The summed E-state index contributed by atoms with van der Waals surface area (Å²) in [6.45, 7) is 0. The molecule has 0 unspecified atom stereocenters. The molecule has 110 valence electrons. The van der Waals surface area contributed by atoms with Crippen molar-refractivity contribution in [2.75, 3.05) is 0 Å². The minimum Gasteiger partial charge on any atom is -0.287 e. The predicted octanol–water partition coefficient (Wildman–Crippen LogP) is 3.67. The molecule has 0 aromatic heterocycles. The molecule has 0 aliphatic heterocycles. The number of hydrazone groups is 1. The molecular weight excluding hydrogens is 302 g/mol. The van der Waals surface area contributed by atoms with Crippen LogP contribution in [-0.2, 0) is 0 Å². The molecule has 5 nitrogen and oxygen atoms in total. The molecule has 3 rings (SSSR count). The molecule has 0 bridgehead atoms. The van der Waals surface area contributed by atoms with Crippen LogP contribution in [0.2, 0.25) is 5.02 Å². The summed E-state index contributed by atoms with van der Waals surface area (Å²) >= 11 is 6.50. The first kappa shape index (κ1) is 14.3. The fraction of sp³-hybridized carbons (Fsp3) is 0. The number of nitrogens with zero attached hydrogens (tertiary/aromatic N) is 1. The van der Waals surface area contributed by atoms with E-state index in [4.69, 9.17) is 16.8 Å². The Balaban J connectivity index is 2.25. The largest absolute Gasteiger partial charge is 0.358 e. The number of amides is 2. The number of fused-ring (bicyclic) bond motifs is 2. The van der Waals surface area contributed by atoms with Crippen LogP contribution in [0.1, 0.15) is 5.56 Å². The van der Waals surface area contributed by atoms with Gasteiger partial charge in [-0.15, -0.1) is 0 Å². The predicted molar refractivity (Wildman–Crippen MR) is 87.5 cm³/mol. The SMILES string of the molecule is O=C(NO)N/N=C\c1c2ccccc2c(Cl)c2ccccc12. The van der Waals surface area contributed by atoms with Gasteiger partial charge in [0.25, 0.3) is 0 Å². The van der Waals surface area contributed by atoms with Crippen molar-refractivity contribution in [1.82, 2.24) is 10.9 Å². The van der Waals surface area contributed by atoms with Crippen LogP contribution in [0.4, 0.5) is 4.79 Å². The molecule has 0 fully saturated rings. The first-order valence-electron chi connectivity index (χ1n) is 6.54. The third kappa shape index (κ3) is 2.47. The maximum absolute atomic E-state index is 11.0. The van der Waals surface area contributed by atoms with Gasteiger partial charge >= 0.3 is 6.03 Å². The Kier molecular flexibility index (Phi) is 3.91. The lowest BCUT2D eigenvalue weighted by Gasteiger charge is -2.10. The fourth-order valence-electron chi connectivity index (χ4n) is 2.43. The molecule has 6 heteroatoms. The van der Waals surface area contributed by atoms with Gasteiger partial charge in [-0.2, -0.15) is 5.10 Å². The number of halogens is 1. The molecule has 0 aliphatic carbocycles. The number of hydroxylamine groups is 1. The monoisotopic (exact) mass is 313 g/mol. The van der Waals surface area contributed by atoms with Gasteiger partial charge in [0, 0.05) is 16.3 Å². The first-order valence-corrected chi connectivity index (χ1v) is 6.92. The minimum absolute atomic E-state index is 0.685. The number of carbonyl (C=O) groups is 1. The normalized spacial score (nSPS) is 11.2. The van der Waals surface area contributed by atoms with E-state index in [1.165, 1.54) is 11.7 Å². The summed E-state index contributed by atoms with van der Waals surface area (Å²) in [7, 11) is 0. The third-order valence-electron chi connectivity index (χ3n) is 3.37. The summed E-state index contributed by atoms with van der Waals surface area (Å²) in [5.41, 5.74) is 4.45. The van der Waals surface area contributed by atoms with E-state index in [0.29, 0.717) is 5.02 Å². The number of urea groups is 1. The van der Waals surface area contributed by atoms with Crippen molar-refractivity contribution in [3.05, 3.63) is 59.1 Å². The van der Waals surface area contributed by atoms with Crippen LogP contribution in [0.5, 0.6) is 0 Å². The Bertz CT molecular complexity index is 836. The maximum atomic E-state index is 11.0. The van der Waals surface area contributed by atoms with E-state index in [9.17, 15) is 4.79 Å². The molecule has 22 heavy (non-hydrogen) atoms. The van der Waals surface area contributed by atoms with E-state index in [0.717, 1.165) is 27.1 Å². The van der Waals surface area contributed by atoms with Gasteiger partial charge < -0.3 is 0 Å². The summed E-state index contributed by atoms with van der Waals surface area (Å²) in [6, 6.07) is 14.6. The highest BCUT2D eigenvalue weighted by Crippen LogP contribution is 2.35. The average molecular weight is 314 g/mol. The van der Waals surface area contributed by atoms with E-state index in [2.05, 4.69) is 10.5 Å². The zero-order chi connectivity index (χ0) is 15.5. The Morgan fingerprint density at radius 2 is 1.50 bits per heavy atom. The van der Waals surface area contributed by atoms with Gasteiger partial charge in [0.15, 0.2) is 0 Å². The number of benzene rings is 3. The lowest BCUT2D eigenvalue weighted by molar-refractivity contribution is 0.162. The van der Waals surface area contributed by atoms with Crippen molar-refractivity contribution in [1.29, 1.82) is 0 Å². The Labute approximate surface area is 131 Å². The van der Waals surface area contributed by atoms with Crippen LogP contribution in [0.3, 0.4) is 0 Å². The lowest BCUT2D eigenvalue weighted by Crippen LogP contribution is -2.29. The van der Waals surface area contributed by atoms with Gasteiger partial charge in [-0.25, -0.2) is 15.7 Å². The number of hydrogen-bond acceptors (Lipinski definition) is 3. The quantitative estimate of drug-likeness (QED) is 0.292. The zero-order valence-electron chi connectivity index (χ0n) is 11.4. The van der Waals surface area contributed by atoms with Crippen LogP contribution in [-0.4, -0.2) is 17.5 Å². The zero-order valence-corrected chi connectivity index (χ0v) is 12.1. The molecule has 0 spiro atoms. The molecule has 3 N–H and O–H groups in total. The second kappa shape index (κ2) is 6.01. The number of carbonyl (C=O) groups excluding carboxylic acids is 1. The van der Waals surface area contributed by atoms with Gasteiger partial charge in [0.2, 0.25) is 0 Å². The Hall–Kier alpha value is -2.63. The van der Waals surface area contributed by atoms with E-state index in [1.54, 1.807) is 0 Å². The molecule has 0 saturated heterocycles.